The van der Waals surface area contributed by atoms with Gasteiger partial charge in [-0.1, -0.05) is 17.8 Å². The van der Waals surface area contributed by atoms with Gasteiger partial charge in [-0.05, 0) is 16.9 Å². The second kappa shape index (κ2) is 4.43. The van der Waals surface area contributed by atoms with Gasteiger partial charge in [0.1, 0.15) is 0 Å². The molecule has 2 aliphatic heterocycles. The largest absolute Gasteiger partial charge is 0.321 e. The van der Waals surface area contributed by atoms with Gasteiger partial charge in [-0.2, -0.15) is 0 Å². The van der Waals surface area contributed by atoms with Crippen LogP contribution in [0, 0.1) is 0 Å². The Bertz CT molecular complexity index is 439. The fourth-order valence-electron chi connectivity index (χ4n) is 1.95. The van der Waals surface area contributed by atoms with E-state index in [0.29, 0.717) is 11.9 Å². The molecule has 16 heavy (non-hydrogen) atoms. The minimum absolute atomic E-state index is 0.396. The van der Waals surface area contributed by atoms with Crippen LogP contribution in [-0.4, -0.2) is 28.5 Å². The predicted molar refractivity (Wildman–Crippen MR) is 72.3 cm³/mol. The van der Waals surface area contributed by atoms with Gasteiger partial charge in [0.05, 0.1) is 11.9 Å². The zero-order valence-corrected chi connectivity index (χ0v) is 11.0. The molecule has 2 nitrogen and oxygen atoms in total. The van der Waals surface area contributed by atoms with E-state index in [1.165, 1.54) is 10.6 Å². The maximum atomic E-state index is 5.89. The van der Waals surface area contributed by atoms with Gasteiger partial charge < -0.3 is 4.90 Å². The summed E-state index contributed by atoms with van der Waals surface area (Å²) in [4.78, 5) is 8.38. The van der Waals surface area contributed by atoms with Crippen LogP contribution in [0.2, 0.25) is 0 Å². The summed E-state index contributed by atoms with van der Waals surface area (Å²) in [7, 11) is 0. The fourth-order valence-corrected chi connectivity index (χ4v) is 4.02. The molecule has 0 amide bonds. The quantitative estimate of drug-likeness (QED) is 0.784. The van der Waals surface area contributed by atoms with Crippen molar-refractivity contribution >= 4 is 39.9 Å². The monoisotopic (exact) mass is 270 g/mol. The molecule has 1 aromatic heterocycles. The summed E-state index contributed by atoms with van der Waals surface area (Å²) >= 11 is 9.39. The van der Waals surface area contributed by atoms with Crippen molar-refractivity contribution in [3.8, 4) is 0 Å². The fraction of sp³-hybridized carbons (Fsp3) is 0.364. The molecule has 1 aromatic rings. The molecule has 0 fully saturated rings. The van der Waals surface area contributed by atoms with Crippen molar-refractivity contribution in [1.82, 2.24) is 4.90 Å². The zero-order valence-electron chi connectivity index (χ0n) is 8.60. The molecule has 1 unspecified atom stereocenters. The van der Waals surface area contributed by atoms with Gasteiger partial charge in [0.25, 0.3) is 0 Å². The molecule has 5 heteroatoms. The third-order valence-corrected chi connectivity index (χ3v) is 4.82. The highest BCUT2D eigenvalue weighted by molar-refractivity contribution is 8.16. The maximum Gasteiger partial charge on any atom is 0.168 e. The van der Waals surface area contributed by atoms with Crippen molar-refractivity contribution in [3.05, 3.63) is 33.5 Å². The van der Waals surface area contributed by atoms with Crippen molar-refractivity contribution in [1.29, 1.82) is 0 Å². The Balaban J connectivity index is 1.69. The topological polar surface area (TPSA) is 15.6 Å². The molecule has 3 heterocycles. The zero-order chi connectivity index (χ0) is 11.0. The van der Waals surface area contributed by atoms with E-state index in [0.717, 1.165) is 18.1 Å². The number of amidine groups is 1. The van der Waals surface area contributed by atoms with Crippen LogP contribution in [0.5, 0.6) is 0 Å². The summed E-state index contributed by atoms with van der Waals surface area (Å²) in [6, 6.07) is 4.68. The lowest BCUT2D eigenvalue weighted by Crippen LogP contribution is -2.25. The van der Waals surface area contributed by atoms with Gasteiger partial charge in [0.2, 0.25) is 0 Å². The molecule has 0 aliphatic carbocycles. The first-order chi connectivity index (χ1) is 7.86. The Morgan fingerprint density at radius 1 is 1.56 bits per heavy atom. The summed E-state index contributed by atoms with van der Waals surface area (Å²) in [5.41, 5.74) is 1.19. The molecule has 0 aromatic carbocycles. The first-order valence-corrected chi connectivity index (χ1v) is 7.45. The Hall–Kier alpha value is -0.450. The minimum atomic E-state index is 0.396. The van der Waals surface area contributed by atoms with Crippen LogP contribution in [0.15, 0.2) is 33.6 Å². The number of fused-ring (bicyclic) bond motifs is 1. The number of hydrogen-bond donors (Lipinski definition) is 0. The number of allylic oxidation sites excluding steroid dienone is 1. The number of hydrogen-bond acceptors (Lipinski definition) is 4. The first kappa shape index (κ1) is 10.7. The predicted octanol–water partition coefficient (Wildman–Crippen LogP) is 3.16. The number of aliphatic imine (C=N–C) groups is 1. The Kier molecular flexibility index (Phi) is 2.96. The van der Waals surface area contributed by atoms with Gasteiger partial charge in [-0.3, -0.25) is 4.99 Å². The standard InChI is InChI=1S/C11H11ClN2S2/c12-5-9-7-16-11-13-8(6-14(9)11)4-10-2-1-3-15-10/h1-3,7-8H,4-6H2. The van der Waals surface area contributed by atoms with Gasteiger partial charge in [-0.15, -0.1) is 22.9 Å². The van der Waals surface area contributed by atoms with Gasteiger partial charge >= 0.3 is 0 Å². The molecule has 3 rings (SSSR count). The van der Waals surface area contributed by atoms with Gasteiger partial charge in [0, 0.05) is 23.5 Å². The smallest absolute Gasteiger partial charge is 0.168 e. The van der Waals surface area contributed by atoms with Crippen LogP contribution in [0.3, 0.4) is 0 Å². The van der Waals surface area contributed by atoms with E-state index in [4.69, 9.17) is 16.6 Å². The molecule has 0 N–H and O–H groups in total. The lowest BCUT2D eigenvalue weighted by atomic mass is 10.2. The SMILES string of the molecule is ClCC1=CSC2=NC(Cc3cccs3)CN12. The van der Waals surface area contributed by atoms with Crippen LogP contribution in [0.4, 0.5) is 0 Å². The van der Waals surface area contributed by atoms with Crippen molar-refractivity contribution in [3.63, 3.8) is 0 Å². The van der Waals surface area contributed by atoms with E-state index in [1.54, 1.807) is 11.8 Å². The molecule has 0 radical (unpaired) electrons. The normalized spacial score (nSPS) is 23.3. The maximum absolute atomic E-state index is 5.89. The number of thioether (sulfide) groups is 1. The average molecular weight is 271 g/mol. The van der Waals surface area contributed by atoms with E-state index >= 15 is 0 Å². The van der Waals surface area contributed by atoms with Gasteiger partial charge in [0.15, 0.2) is 5.17 Å². The van der Waals surface area contributed by atoms with Crippen molar-refractivity contribution < 1.29 is 0 Å². The minimum Gasteiger partial charge on any atom is -0.321 e. The van der Waals surface area contributed by atoms with E-state index < -0.39 is 0 Å². The molecule has 84 valence electrons. The highest BCUT2D eigenvalue weighted by atomic mass is 35.5. The molecule has 0 spiro atoms. The van der Waals surface area contributed by atoms with Crippen molar-refractivity contribution in [2.24, 2.45) is 4.99 Å². The number of halogens is 1. The van der Waals surface area contributed by atoms with Crippen LogP contribution in [-0.2, 0) is 6.42 Å². The average Bonchev–Trinajstić information content (AvgIpc) is 2.94. The third kappa shape index (κ3) is 1.90. The molecule has 0 saturated heterocycles. The molecule has 1 atom stereocenters. The van der Waals surface area contributed by atoms with E-state index in [9.17, 15) is 0 Å². The number of nitrogens with zero attached hydrogens (tertiary/aromatic N) is 2. The first-order valence-electron chi connectivity index (χ1n) is 5.16. The lowest BCUT2D eigenvalue weighted by molar-refractivity contribution is 0.513. The molecule has 0 saturated carbocycles. The highest BCUT2D eigenvalue weighted by Crippen LogP contribution is 2.32. The van der Waals surface area contributed by atoms with Crippen LogP contribution < -0.4 is 0 Å². The van der Waals surface area contributed by atoms with Crippen LogP contribution >= 0.6 is 34.7 Å². The van der Waals surface area contributed by atoms with Crippen LogP contribution in [0.25, 0.3) is 0 Å². The van der Waals surface area contributed by atoms with Gasteiger partial charge in [-0.25, -0.2) is 0 Å². The van der Waals surface area contributed by atoms with E-state index in [2.05, 4.69) is 27.8 Å². The Morgan fingerprint density at radius 3 is 3.25 bits per heavy atom. The molecule has 2 aliphatic rings. The summed E-state index contributed by atoms with van der Waals surface area (Å²) in [5, 5.41) is 5.35. The lowest BCUT2D eigenvalue weighted by Gasteiger charge is -2.15. The Morgan fingerprint density at radius 2 is 2.50 bits per heavy atom. The molecule has 0 bridgehead atoms. The highest BCUT2D eigenvalue weighted by Gasteiger charge is 2.31. The Labute approximate surface area is 108 Å². The molecular formula is C11H11ClN2S2. The second-order valence-electron chi connectivity index (χ2n) is 3.82. The van der Waals surface area contributed by atoms with E-state index in [-0.39, 0.29) is 0 Å². The number of alkyl halides is 1. The van der Waals surface area contributed by atoms with Crippen molar-refractivity contribution in [2.75, 3.05) is 12.4 Å². The molecular weight excluding hydrogens is 260 g/mol. The summed E-state index contributed by atoms with van der Waals surface area (Å²) in [6.45, 7) is 0.985. The summed E-state index contributed by atoms with van der Waals surface area (Å²) in [5.74, 6) is 0.581. The third-order valence-electron chi connectivity index (χ3n) is 2.72. The van der Waals surface area contributed by atoms with Crippen molar-refractivity contribution in [2.45, 2.75) is 12.5 Å². The second-order valence-corrected chi connectivity index (χ2v) is 5.96. The number of rotatable bonds is 3. The summed E-state index contributed by atoms with van der Waals surface area (Å²) in [6.07, 6.45) is 1.05. The number of thiophene rings is 1. The van der Waals surface area contributed by atoms with Crippen LogP contribution in [0.1, 0.15) is 4.88 Å². The van der Waals surface area contributed by atoms with E-state index in [1.807, 2.05) is 11.3 Å². The summed E-state index contributed by atoms with van der Waals surface area (Å²) < 4.78 is 0.